The van der Waals surface area contributed by atoms with Crippen LogP contribution in [0.2, 0.25) is 0 Å². The van der Waals surface area contributed by atoms with Crippen LogP contribution in [-0.4, -0.2) is 49.2 Å². The molecule has 0 radical (unpaired) electrons. The van der Waals surface area contributed by atoms with Crippen molar-refractivity contribution in [2.75, 3.05) is 26.7 Å². The molecule has 1 aromatic rings. The molecule has 0 aliphatic carbocycles. The van der Waals surface area contributed by atoms with Gasteiger partial charge < -0.3 is 5.32 Å². The molecule has 2 rings (SSSR count). The molecule has 120 valence electrons. The Morgan fingerprint density at radius 1 is 1.19 bits per heavy atom. The van der Waals surface area contributed by atoms with Crippen LogP contribution in [0.25, 0.3) is 0 Å². The summed E-state index contributed by atoms with van der Waals surface area (Å²) >= 11 is 0. The predicted octanol–water partition coefficient (Wildman–Crippen LogP) is 1.28. The minimum Gasteiger partial charge on any atom is -0.320 e. The van der Waals surface area contributed by atoms with E-state index in [9.17, 15) is 8.42 Å². The zero-order chi connectivity index (χ0) is 15.5. The van der Waals surface area contributed by atoms with Crippen molar-refractivity contribution >= 4 is 10.0 Å². The van der Waals surface area contributed by atoms with Crippen molar-refractivity contribution in [2.45, 2.75) is 51.0 Å². The van der Waals surface area contributed by atoms with Gasteiger partial charge in [0.1, 0.15) is 4.90 Å². The van der Waals surface area contributed by atoms with Gasteiger partial charge in [-0.3, -0.25) is 4.68 Å². The van der Waals surface area contributed by atoms with Crippen LogP contribution in [0.3, 0.4) is 0 Å². The zero-order valence-corrected chi connectivity index (χ0v) is 14.0. The molecule has 0 saturated carbocycles. The van der Waals surface area contributed by atoms with E-state index >= 15 is 0 Å². The summed E-state index contributed by atoms with van der Waals surface area (Å²) in [6, 6.07) is 0. The lowest BCUT2D eigenvalue weighted by molar-refractivity contribution is 0.346. The van der Waals surface area contributed by atoms with Crippen LogP contribution in [0.5, 0.6) is 0 Å². The number of piperidine rings is 1. The van der Waals surface area contributed by atoms with E-state index in [0.29, 0.717) is 23.7 Å². The quantitative estimate of drug-likeness (QED) is 0.803. The Morgan fingerprint density at radius 3 is 2.48 bits per heavy atom. The van der Waals surface area contributed by atoms with Crippen molar-refractivity contribution in [3.05, 3.63) is 11.4 Å². The SMILES string of the molecule is CNCCCn1nc(C)c(S(=O)(=O)N2CCCCC2)c1C. The molecule has 1 aliphatic heterocycles. The lowest BCUT2D eigenvalue weighted by Gasteiger charge is -2.26. The van der Waals surface area contributed by atoms with Gasteiger partial charge in [-0.1, -0.05) is 6.42 Å². The first kappa shape index (κ1) is 16.5. The van der Waals surface area contributed by atoms with E-state index in [-0.39, 0.29) is 0 Å². The number of sulfonamides is 1. The molecule has 2 heterocycles. The van der Waals surface area contributed by atoms with E-state index < -0.39 is 10.0 Å². The smallest absolute Gasteiger partial charge is 0.246 e. The fourth-order valence-electron chi connectivity index (χ4n) is 2.91. The fraction of sp³-hybridized carbons (Fsp3) is 0.786. The van der Waals surface area contributed by atoms with E-state index in [4.69, 9.17) is 0 Å². The zero-order valence-electron chi connectivity index (χ0n) is 13.2. The molecule has 1 fully saturated rings. The number of nitrogens with zero attached hydrogens (tertiary/aromatic N) is 3. The first-order valence-corrected chi connectivity index (χ1v) is 9.11. The third-order valence-electron chi connectivity index (χ3n) is 4.02. The van der Waals surface area contributed by atoms with E-state index in [2.05, 4.69) is 10.4 Å². The van der Waals surface area contributed by atoms with Gasteiger partial charge in [-0.05, 0) is 46.7 Å². The molecule has 1 aliphatic rings. The van der Waals surface area contributed by atoms with Crippen molar-refractivity contribution in [1.82, 2.24) is 19.4 Å². The fourth-order valence-corrected chi connectivity index (χ4v) is 4.80. The van der Waals surface area contributed by atoms with Crippen LogP contribution in [0, 0.1) is 13.8 Å². The topological polar surface area (TPSA) is 67.2 Å². The van der Waals surface area contributed by atoms with E-state index in [1.165, 1.54) is 0 Å². The Balaban J connectivity index is 2.26. The Labute approximate surface area is 127 Å². The third-order valence-corrected chi connectivity index (χ3v) is 6.18. The van der Waals surface area contributed by atoms with Gasteiger partial charge in [0.05, 0.1) is 11.4 Å². The summed E-state index contributed by atoms with van der Waals surface area (Å²) in [6.07, 6.45) is 3.95. The van der Waals surface area contributed by atoms with Gasteiger partial charge in [0.15, 0.2) is 0 Å². The van der Waals surface area contributed by atoms with Crippen molar-refractivity contribution in [3.8, 4) is 0 Å². The summed E-state index contributed by atoms with van der Waals surface area (Å²) in [7, 11) is -1.49. The number of rotatable bonds is 6. The minimum absolute atomic E-state index is 0.411. The monoisotopic (exact) mass is 314 g/mol. The molecule has 0 atom stereocenters. The average Bonchev–Trinajstić information content (AvgIpc) is 2.75. The Kier molecular flexibility index (Phi) is 5.40. The summed E-state index contributed by atoms with van der Waals surface area (Å²) in [6.45, 7) is 6.54. The highest BCUT2D eigenvalue weighted by Gasteiger charge is 2.31. The molecular formula is C14H26N4O2S. The molecular weight excluding hydrogens is 288 g/mol. The summed E-state index contributed by atoms with van der Waals surface area (Å²) in [5.74, 6) is 0. The summed E-state index contributed by atoms with van der Waals surface area (Å²) in [4.78, 5) is 0.411. The number of nitrogens with one attached hydrogen (secondary N) is 1. The van der Waals surface area contributed by atoms with Gasteiger partial charge in [0, 0.05) is 19.6 Å². The molecule has 0 aromatic carbocycles. The first-order chi connectivity index (χ1) is 9.98. The highest BCUT2D eigenvalue weighted by atomic mass is 32.2. The average molecular weight is 314 g/mol. The first-order valence-electron chi connectivity index (χ1n) is 7.67. The second-order valence-corrected chi connectivity index (χ2v) is 7.52. The van der Waals surface area contributed by atoms with E-state index in [1.54, 1.807) is 11.2 Å². The third kappa shape index (κ3) is 3.46. The maximum absolute atomic E-state index is 12.8. The molecule has 7 heteroatoms. The number of aryl methyl sites for hydroxylation is 2. The maximum atomic E-state index is 12.8. The standard InChI is InChI=1S/C14H26N4O2S/c1-12-14(13(2)18(16-12)11-7-8-15-3)21(19,20)17-9-5-4-6-10-17/h15H,4-11H2,1-3H3. The predicted molar refractivity (Wildman–Crippen MR) is 82.9 cm³/mol. The molecule has 1 N–H and O–H groups in total. The highest BCUT2D eigenvalue weighted by molar-refractivity contribution is 7.89. The second-order valence-electron chi connectivity index (χ2n) is 5.64. The molecule has 21 heavy (non-hydrogen) atoms. The lowest BCUT2D eigenvalue weighted by Crippen LogP contribution is -2.36. The molecule has 0 unspecified atom stereocenters. The highest BCUT2D eigenvalue weighted by Crippen LogP contribution is 2.26. The van der Waals surface area contributed by atoms with Crippen molar-refractivity contribution in [2.24, 2.45) is 0 Å². The van der Waals surface area contributed by atoms with Crippen LogP contribution in [-0.2, 0) is 16.6 Å². The minimum atomic E-state index is -3.40. The van der Waals surface area contributed by atoms with Crippen LogP contribution in [0.4, 0.5) is 0 Å². The van der Waals surface area contributed by atoms with Gasteiger partial charge in [0.25, 0.3) is 0 Å². The number of hydrogen-bond acceptors (Lipinski definition) is 4. The molecule has 6 nitrogen and oxygen atoms in total. The largest absolute Gasteiger partial charge is 0.320 e. The van der Waals surface area contributed by atoms with Crippen LogP contribution < -0.4 is 5.32 Å². The Morgan fingerprint density at radius 2 is 1.86 bits per heavy atom. The van der Waals surface area contributed by atoms with Gasteiger partial charge >= 0.3 is 0 Å². The molecule has 0 bridgehead atoms. The van der Waals surface area contributed by atoms with E-state index in [1.807, 2.05) is 18.7 Å². The summed E-state index contributed by atoms with van der Waals surface area (Å²) < 4.78 is 29.1. The molecule has 1 saturated heterocycles. The molecule has 0 amide bonds. The maximum Gasteiger partial charge on any atom is 0.246 e. The van der Waals surface area contributed by atoms with E-state index in [0.717, 1.165) is 44.5 Å². The summed E-state index contributed by atoms with van der Waals surface area (Å²) in [5.41, 5.74) is 1.37. The Hall–Kier alpha value is -0.920. The van der Waals surface area contributed by atoms with Gasteiger partial charge in [-0.15, -0.1) is 0 Å². The normalized spacial score (nSPS) is 17.3. The summed E-state index contributed by atoms with van der Waals surface area (Å²) in [5, 5.41) is 7.52. The van der Waals surface area contributed by atoms with Gasteiger partial charge in [0.2, 0.25) is 10.0 Å². The van der Waals surface area contributed by atoms with Gasteiger partial charge in [-0.2, -0.15) is 9.40 Å². The Bertz CT molecular complexity index is 574. The molecule has 0 spiro atoms. The lowest BCUT2D eigenvalue weighted by atomic mass is 10.2. The van der Waals surface area contributed by atoms with Crippen molar-refractivity contribution in [1.29, 1.82) is 0 Å². The molecule has 1 aromatic heterocycles. The number of aromatic nitrogens is 2. The van der Waals surface area contributed by atoms with Crippen LogP contribution >= 0.6 is 0 Å². The van der Waals surface area contributed by atoms with Crippen molar-refractivity contribution in [3.63, 3.8) is 0 Å². The number of hydrogen-bond donors (Lipinski definition) is 1. The van der Waals surface area contributed by atoms with Gasteiger partial charge in [-0.25, -0.2) is 8.42 Å². The van der Waals surface area contributed by atoms with Crippen molar-refractivity contribution < 1.29 is 8.42 Å². The van der Waals surface area contributed by atoms with Crippen LogP contribution in [0.15, 0.2) is 4.90 Å². The second kappa shape index (κ2) is 6.89. The van der Waals surface area contributed by atoms with Crippen LogP contribution in [0.1, 0.15) is 37.1 Å².